The average Bonchev–Trinajstić information content (AvgIpc) is 2.52. The van der Waals surface area contributed by atoms with Crippen LogP contribution in [0.2, 0.25) is 0 Å². The summed E-state index contributed by atoms with van der Waals surface area (Å²) in [4.78, 5) is 24.9. The van der Waals surface area contributed by atoms with Crippen LogP contribution in [0, 0.1) is 3.57 Å². The van der Waals surface area contributed by atoms with Gasteiger partial charge in [0.25, 0.3) is 5.56 Å². The summed E-state index contributed by atoms with van der Waals surface area (Å²) in [6.45, 7) is 5.86. The molecule has 0 unspecified atom stereocenters. The van der Waals surface area contributed by atoms with Crippen LogP contribution in [0.5, 0.6) is 5.75 Å². The Morgan fingerprint density at radius 2 is 1.75 bits per heavy atom. The van der Waals surface area contributed by atoms with Gasteiger partial charge in [0.2, 0.25) is 0 Å². The molecule has 5 nitrogen and oxygen atoms in total. The van der Waals surface area contributed by atoms with Crippen molar-refractivity contribution in [2.45, 2.75) is 26.2 Å². The van der Waals surface area contributed by atoms with E-state index in [-0.39, 0.29) is 14.5 Å². The lowest BCUT2D eigenvalue weighted by Crippen LogP contribution is -2.30. The Labute approximate surface area is 151 Å². The van der Waals surface area contributed by atoms with Crippen molar-refractivity contribution in [1.82, 2.24) is 4.57 Å². The number of nitrogens with zero attached hydrogens (tertiary/aromatic N) is 1. The molecule has 0 aliphatic heterocycles. The third-order valence-corrected chi connectivity index (χ3v) is 4.69. The van der Waals surface area contributed by atoms with Crippen molar-refractivity contribution < 1.29 is 9.52 Å². The van der Waals surface area contributed by atoms with E-state index in [9.17, 15) is 14.7 Å². The summed E-state index contributed by atoms with van der Waals surface area (Å²) in [5.41, 5.74) is -0.231. The Kier molecular flexibility index (Phi) is 4.03. The molecule has 24 heavy (non-hydrogen) atoms. The topological polar surface area (TPSA) is 75.3 Å². The summed E-state index contributed by atoms with van der Waals surface area (Å²) < 4.78 is 6.61. The fourth-order valence-corrected chi connectivity index (χ4v) is 2.99. The van der Waals surface area contributed by atoms with Crippen molar-refractivity contribution >= 4 is 33.6 Å². The van der Waals surface area contributed by atoms with Gasteiger partial charge in [-0.25, -0.2) is 4.79 Å². The SMILES string of the molecule is CC(C)(C)c1cc2oc(=O)c(I)c([O-])c2c(=O)n1-c1ccccc1. The molecule has 0 aliphatic rings. The van der Waals surface area contributed by atoms with Gasteiger partial charge in [0.15, 0.2) is 0 Å². The van der Waals surface area contributed by atoms with Gasteiger partial charge in [-0.1, -0.05) is 44.7 Å². The monoisotopic (exact) mass is 436 g/mol. The van der Waals surface area contributed by atoms with E-state index in [1.807, 2.05) is 39.0 Å². The zero-order valence-corrected chi connectivity index (χ0v) is 15.6. The van der Waals surface area contributed by atoms with Gasteiger partial charge in [-0.05, 0) is 34.7 Å². The molecule has 0 fully saturated rings. The van der Waals surface area contributed by atoms with Crippen LogP contribution < -0.4 is 16.3 Å². The first-order valence-electron chi connectivity index (χ1n) is 7.37. The van der Waals surface area contributed by atoms with E-state index in [1.165, 1.54) is 4.57 Å². The van der Waals surface area contributed by atoms with E-state index in [0.29, 0.717) is 11.4 Å². The Morgan fingerprint density at radius 3 is 2.33 bits per heavy atom. The molecule has 0 saturated heterocycles. The molecule has 0 bridgehead atoms. The number of hydrogen-bond donors (Lipinski definition) is 0. The molecule has 0 N–H and O–H groups in total. The first-order chi connectivity index (χ1) is 11.2. The first kappa shape index (κ1) is 16.8. The molecule has 6 heteroatoms. The van der Waals surface area contributed by atoms with Crippen molar-refractivity contribution in [3.05, 3.63) is 66.4 Å². The van der Waals surface area contributed by atoms with Gasteiger partial charge in [0.1, 0.15) is 5.58 Å². The predicted octanol–water partition coefficient (Wildman–Crippen LogP) is 2.92. The van der Waals surface area contributed by atoms with E-state index in [1.54, 1.807) is 40.8 Å². The number of para-hydroxylation sites is 1. The number of benzene rings is 1. The highest BCUT2D eigenvalue weighted by Crippen LogP contribution is 2.29. The molecule has 0 spiro atoms. The minimum atomic E-state index is -0.718. The minimum Gasteiger partial charge on any atom is -0.871 e. The molecule has 0 atom stereocenters. The quantitative estimate of drug-likeness (QED) is 0.550. The average molecular weight is 436 g/mol. The van der Waals surface area contributed by atoms with E-state index in [0.717, 1.165) is 0 Å². The summed E-state index contributed by atoms with van der Waals surface area (Å²) in [6.07, 6.45) is 0. The molecular formula is C18H15INO4-. The van der Waals surface area contributed by atoms with Crippen LogP contribution in [0.15, 0.2) is 50.4 Å². The first-order valence-corrected chi connectivity index (χ1v) is 8.45. The second kappa shape index (κ2) is 5.77. The maximum atomic E-state index is 13.1. The second-order valence-corrected chi connectivity index (χ2v) is 7.61. The highest BCUT2D eigenvalue weighted by molar-refractivity contribution is 14.1. The van der Waals surface area contributed by atoms with Crippen LogP contribution in [-0.4, -0.2) is 4.57 Å². The van der Waals surface area contributed by atoms with Gasteiger partial charge >= 0.3 is 5.63 Å². The standard InChI is InChI=1S/C18H16INO4/c1-18(2,3)12-9-11-13(15(21)14(19)17(23)24-11)16(22)20(12)10-7-5-4-6-8-10/h4-9,21H,1-3H3/p-1. The molecule has 2 aromatic heterocycles. The van der Waals surface area contributed by atoms with Crippen LogP contribution in [0.25, 0.3) is 16.7 Å². The number of hydrogen-bond acceptors (Lipinski definition) is 4. The molecule has 0 aliphatic carbocycles. The lowest BCUT2D eigenvalue weighted by atomic mass is 9.90. The number of fused-ring (bicyclic) bond motifs is 1. The van der Waals surface area contributed by atoms with E-state index >= 15 is 0 Å². The van der Waals surface area contributed by atoms with Crippen molar-refractivity contribution in [2.24, 2.45) is 0 Å². The largest absolute Gasteiger partial charge is 0.871 e. The molecule has 3 rings (SSSR count). The normalized spacial score (nSPS) is 11.8. The van der Waals surface area contributed by atoms with Crippen LogP contribution in [0.4, 0.5) is 0 Å². The van der Waals surface area contributed by atoms with Crippen LogP contribution in [0.1, 0.15) is 26.5 Å². The third-order valence-electron chi connectivity index (χ3n) is 3.76. The van der Waals surface area contributed by atoms with Crippen LogP contribution in [0.3, 0.4) is 0 Å². The Hall–Kier alpha value is -2.09. The van der Waals surface area contributed by atoms with E-state index < -0.39 is 22.3 Å². The molecule has 1 aromatic carbocycles. The van der Waals surface area contributed by atoms with Crippen molar-refractivity contribution in [2.75, 3.05) is 0 Å². The van der Waals surface area contributed by atoms with Gasteiger partial charge < -0.3 is 9.52 Å². The zero-order chi connectivity index (χ0) is 17.6. The summed E-state index contributed by atoms with van der Waals surface area (Å²) >= 11 is 1.62. The number of pyridine rings is 1. The fraction of sp³-hybridized carbons (Fsp3) is 0.222. The van der Waals surface area contributed by atoms with Crippen molar-refractivity contribution in [3.63, 3.8) is 0 Å². The van der Waals surface area contributed by atoms with E-state index in [2.05, 4.69) is 0 Å². The lowest BCUT2D eigenvalue weighted by Gasteiger charge is -2.25. The molecule has 0 radical (unpaired) electrons. The molecule has 124 valence electrons. The highest BCUT2D eigenvalue weighted by Gasteiger charge is 2.23. The fourth-order valence-electron chi connectivity index (χ4n) is 2.61. The summed E-state index contributed by atoms with van der Waals surface area (Å²) in [6, 6.07) is 10.7. The Bertz CT molecular complexity index is 1040. The smallest absolute Gasteiger partial charge is 0.349 e. The van der Waals surface area contributed by atoms with Crippen molar-refractivity contribution in [1.29, 1.82) is 0 Å². The maximum absolute atomic E-state index is 13.1. The summed E-state index contributed by atoms with van der Waals surface area (Å²) in [5, 5.41) is 12.3. The van der Waals surface area contributed by atoms with Crippen molar-refractivity contribution in [3.8, 4) is 11.4 Å². The second-order valence-electron chi connectivity index (χ2n) is 6.53. The molecule has 3 aromatic rings. The van der Waals surface area contributed by atoms with Gasteiger partial charge in [-0.3, -0.25) is 9.36 Å². The Balaban J connectivity index is 2.57. The van der Waals surface area contributed by atoms with Gasteiger partial charge in [0, 0.05) is 22.9 Å². The summed E-state index contributed by atoms with van der Waals surface area (Å²) in [7, 11) is 0. The summed E-state index contributed by atoms with van der Waals surface area (Å²) in [5.74, 6) is -0.586. The maximum Gasteiger partial charge on any atom is 0.349 e. The third kappa shape index (κ3) is 2.64. The zero-order valence-electron chi connectivity index (χ0n) is 13.4. The van der Waals surface area contributed by atoms with E-state index in [4.69, 9.17) is 4.42 Å². The molecule has 2 heterocycles. The number of aromatic nitrogens is 1. The van der Waals surface area contributed by atoms with Gasteiger partial charge in [-0.15, -0.1) is 0 Å². The highest BCUT2D eigenvalue weighted by atomic mass is 127. The lowest BCUT2D eigenvalue weighted by molar-refractivity contribution is -0.267. The van der Waals surface area contributed by atoms with Gasteiger partial charge in [0.05, 0.1) is 8.96 Å². The molecular weight excluding hydrogens is 421 g/mol. The van der Waals surface area contributed by atoms with Crippen LogP contribution in [-0.2, 0) is 5.41 Å². The predicted molar refractivity (Wildman–Crippen MR) is 98.9 cm³/mol. The Morgan fingerprint density at radius 1 is 1.12 bits per heavy atom. The molecule has 0 amide bonds. The number of rotatable bonds is 1. The minimum absolute atomic E-state index is 0.0347. The van der Waals surface area contributed by atoms with Crippen LogP contribution >= 0.6 is 22.6 Å². The number of halogens is 1. The van der Waals surface area contributed by atoms with Gasteiger partial charge in [-0.2, -0.15) is 0 Å². The molecule has 0 saturated carbocycles.